The summed E-state index contributed by atoms with van der Waals surface area (Å²) in [5.41, 5.74) is 2.14. The van der Waals surface area contributed by atoms with Gasteiger partial charge in [0.05, 0.1) is 0 Å². The van der Waals surface area contributed by atoms with Crippen LogP contribution in [0, 0.1) is 13.8 Å². The Balaban J connectivity index is 1.63. The van der Waals surface area contributed by atoms with Gasteiger partial charge in [0.15, 0.2) is 12.4 Å². The maximum atomic E-state index is 12.1. The molecule has 7 nitrogen and oxygen atoms in total. The minimum absolute atomic E-state index is 0.0919. The highest BCUT2D eigenvalue weighted by molar-refractivity contribution is 5.91. The molecule has 0 aliphatic heterocycles. The summed E-state index contributed by atoms with van der Waals surface area (Å²) in [6, 6.07) is 9.17. The first-order valence-electron chi connectivity index (χ1n) is 7.44. The second-order valence-corrected chi connectivity index (χ2v) is 5.25. The van der Waals surface area contributed by atoms with Crippen molar-refractivity contribution >= 4 is 11.7 Å². The highest BCUT2D eigenvalue weighted by Gasteiger charge is 2.08. The zero-order valence-electron chi connectivity index (χ0n) is 13.4. The lowest BCUT2D eigenvalue weighted by molar-refractivity contribution is -0.118. The monoisotopic (exact) mass is 323 g/mol. The Morgan fingerprint density at radius 2 is 2.12 bits per heavy atom. The van der Waals surface area contributed by atoms with Gasteiger partial charge < -0.3 is 10.1 Å². The third-order valence-corrected chi connectivity index (χ3v) is 3.57. The summed E-state index contributed by atoms with van der Waals surface area (Å²) in [6.45, 7) is 3.87. The Hall–Kier alpha value is -3.22. The molecule has 0 saturated heterocycles. The third kappa shape index (κ3) is 3.57. The number of nitrogens with zero attached hydrogens (tertiary/aromatic N) is 4. The van der Waals surface area contributed by atoms with E-state index in [2.05, 4.69) is 20.4 Å². The predicted octanol–water partition coefficient (Wildman–Crippen LogP) is 2.30. The quantitative estimate of drug-likeness (QED) is 0.779. The minimum atomic E-state index is -0.291. The van der Waals surface area contributed by atoms with Crippen molar-refractivity contribution in [2.24, 2.45) is 0 Å². The average molecular weight is 323 g/mol. The largest absolute Gasteiger partial charge is 0.483 e. The smallest absolute Gasteiger partial charge is 0.263 e. The number of ether oxygens (including phenoxy) is 1. The number of carbonyl (C=O) groups excluding carboxylic acids is 1. The lowest BCUT2D eigenvalue weighted by Crippen LogP contribution is -2.21. The van der Waals surface area contributed by atoms with Crippen molar-refractivity contribution in [3.05, 3.63) is 60.2 Å². The van der Waals surface area contributed by atoms with Gasteiger partial charge in [-0.2, -0.15) is 5.10 Å². The molecule has 0 saturated carbocycles. The second-order valence-electron chi connectivity index (χ2n) is 5.25. The highest BCUT2D eigenvalue weighted by atomic mass is 16.5. The van der Waals surface area contributed by atoms with E-state index in [0.717, 1.165) is 11.1 Å². The Labute approximate surface area is 139 Å². The minimum Gasteiger partial charge on any atom is -0.483 e. The molecule has 0 radical (unpaired) electrons. The van der Waals surface area contributed by atoms with Crippen LogP contribution in [0.4, 0.5) is 5.82 Å². The predicted molar refractivity (Wildman–Crippen MR) is 89.2 cm³/mol. The molecule has 1 amide bonds. The van der Waals surface area contributed by atoms with Crippen molar-refractivity contribution in [1.82, 2.24) is 19.7 Å². The van der Waals surface area contributed by atoms with E-state index in [1.165, 1.54) is 6.33 Å². The lowest BCUT2D eigenvalue weighted by atomic mass is 10.1. The number of hydrogen-bond donors (Lipinski definition) is 1. The average Bonchev–Trinajstić information content (AvgIpc) is 3.11. The molecular formula is C17H17N5O2. The van der Waals surface area contributed by atoms with Crippen molar-refractivity contribution in [3.8, 4) is 11.6 Å². The molecule has 7 heteroatoms. The number of carbonyl (C=O) groups is 1. The van der Waals surface area contributed by atoms with Crippen LogP contribution >= 0.6 is 0 Å². The molecule has 2 heterocycles. The van der Waals surface area contributed by atoms with Crippen LogP contribution in [-0.4, -0.2) is 32.3 Å². The summed E-state index contributed by atoms with van der Waals surface area (Å²) >= 11 is 0. The van der Waals surface area contributed by atoms with Gasteiger partial charge in [0, 0.05) is 18.5 Å². The summed E-state index contributed by atoms with van der Waals surface area (Å²) in [7, 11) is 0. The fourth-order valence-electron chi connectivity index (χ4n) is 2.15. The first-order valence-corrected chi connectivity index (χ1v) is 7.44. The van der Waals surface area contributed by atoms with Crippen LogP contribution in [0.15, 0.2) is 49.1 Å². The molecule has 0 atom stereocenters. The van der Waals surface area contributed by atoms with Crippen LogP contribution in [0.5, 0.6) is 5.75 Å². The van der Waals surface area contributed by atoms with Crippen LogP contribution in [0.2, 0.25) is 0 Å². The highest BCUT2D eigenvalue weighted by Crippen LogP contribution is 2.20. The van der Waals surface area contributed by atoms with Crippen LogP contribution in [-0.2, 0) is 4.79 Å². The first kappa shape index (κ1) is 15.7. The van der Waals surface area contributed by atoms with Crippen molar-refractivity contribution < 1.29 is 9.53 Å². The number of hydrogen-bond acceptors (Lipinski definition) is 5. The lowest BCUT2D eigenvalue weighted by Gasteiger charge is -2.11. The SMILES string of the molecule is Cc1cccc(OCC(=O)Nc2cc(-n3cccn3)ncn2)c1C. The van der Waals surface area contributed by atoms with E-state index < -0.39 is 0 Å². The summed E-state index contributed by atoms with van der Waals surface area (Å²) < 4.78 is 7.17. The molecule has 122 valence electrons. The van der Waals surface area contributed by atoms with Crippen LogP contribution in [0.1, 0.15) is 11.1 Å². The van der Waals surface area contributed by atoms with Gasteiger partial charge in [0.1, 0.15) is 17.9 Å². The summed E-state index contributed by atoms with van der Waals surface area (Å²) in [4.78, 5) is 20.2. The summed E-state index contributed by atoms with van der Waals surface area (Å²) in [5, 5.41) is 6.78. The van der Waals surface area contributed by atoms with E-state index in [9.17, 15) is 4.79 Å². The Morgan fingerprint density at radius 3 is 2.92 bits per heavy atom. The molecule has 1 aromatic carbocycles. The molecule has 24 heavy (non-hydrogen) atoms. The molecule has 0 aliphatic rings. The molecule has 0 unspecified atom stereocenters. The summed E-state index contributed by atoms with van der Waals surface area (Å²) in [5.74, 6) is 1.37. The molecule has 0 aliphatic carbocycles. The van der Waals surface area contributed by atoms with Gasteiger partial charge in [-0.3, -0.25) is 4.79 Å². The third-order valence-electron chi connectivity index (χ3n) is 3.57. The molecule has 1 N–H and O–H groups in total. The van der Waals surface area contributed by atoms with Gasteiger partial charge in [-0.15, -0.1) is 0 Å². The van der Waals surface area contributed by atoms with Crippen molar-refractivity contribution in [2.75, 3.05) is 11.9 Å². The molecule has 0 fully saturated rings. The Morgan fingerprint density at radius 1 is 1.25 bits per heavy atom. The number of benzene rings is 1. The van der Waals surface area contributed by atoms with E-state index in [1.807, 2.05) is 32.0 Å². The maximum Gasteiger partial charge on any atom is 0.263 e. The molecule has 2 aromatic heterocycles. The van der Waals surface area contributed by atoms with Gasteiger partial charge in [0.2, 0.25) is 0 Å². The van der Waals surface area contributed by atoms with Crippen LogP contribution in [0.3, 0.4) is 0 Å². The van der Waals surface area contributed by atoms with E-state index >= 15 is 0 Å². The van der Waals surface area contributed by atoms with Crippen LogP contribution in [0.25, 0.3) is 5.82 Å². The van der Waals surface area contributed by atoms with Gasteiger partial charge >= 0.3 is 0 Å². The van der Waals surface area contributed by atoms with Gasteiger partial charge in [-0.05, 0) is 37.1 Å². The zero-order chi connectivity index (χ0) is 16.9. The van der Waals surface area contributed by atoms with E-state index in [1.54, 1.807) is 29.2 Å². The fraction of sp³-hybridized carbons (Fsp3) is 0.176. The van der Waals surface area contributed by atoms with Crippen molar-refractivity contribution in [2.45, 2.75) is 13.8 Å². The second kappa shape index (κ2) is 6.91. The van der Waals surface area contributed by atoms with Crippen molar-refractivity contribution in [1.29, 1.82) is 0 Å². The number of nitrogens with one attached hydrogen (secondary N) is 1. The van der Waals surface area contributed by atoms with Gasteiger partial charge in [0.25, 0.3) is 5.91 Å². The zero-order valence-corrected chi connectivity index (χ0v) is 13.4. The fourth-order valence-corrected chi connectivity index (χ4v) is 2.15. The van der Waals surface area contributed by atoms with E-state index in [-0.39, 0.29) is 12.5 Å². The molecule has 3 aromatic rings. The number of aryl methyl sites for hydroxylation is 1. The number of aromatic nitrogens is 4. The van der Waals surface area contributed by atoms with Gasteiger partial charge in [-0.1, -0.05) is 12.1 Å². The Kier molecular flexibility index (Phi) is 4.51. The number of anilines is 1. The van der Waals surface area contributed by atoms with E-state index in [4.69, 9.17) is 4.74 Å². The Bertz CT molecular complexity index is 846. The van der Waals surface area contributed by atoms with Gasteiger partial charge in [-0.25, -0.2) is 14.6 Å². The number of amides is 1. The normalized spacial score (nSPS) is 10.4. The molecule has 3 rings (SSSR count). The van der Waals surface area contributed by atoms with Crippen LogP contribution < -0.4 is 10.1 Å². The standard InChI is InChI=1S/C17H17N5O2/c1-12-5-3-6-14(13(12)2)24-10-17(23)21-15-9-16(19-11-18-15)22-8-4-7-20-22/h3-9,11H,10H2,1-2H3,(H,18,19,21,23). The number of rotatable bonds is 5. The molecular weight excluding hydrogens is 306 g/mol. The van der Waals surface area contributed by atoms with Crippen molar-refractivity contribution in [3.63, 3.8) is 0 Å². The molecule has 0 spiro atoms. The topological polar surface area (TPSA) is 81.9 Å². The maximum absolute atomic E-state index is 12.1. The first-order chi connectivity index (χ1) is 11.6. The molecule has 0 bridgehead atoms. The summed E-state index contributed by atoms with van der Waals surface area (Å²) in [6.07, 6.45) is 4.79. The van der Waals surface area contributed by atoms with E-state index in [0.29, 0.717) is 17.4 Å².